The van der Waals surface area contributed by atoms with Crippen LogP contribution in [0.2, 0.25) is 5.02 Å². The molecule has 0 aliphatic carbocycles. The van der Waals surface area contributed by atoms with Crippen molar-refractivity contribution < 1.29 is 9.59 Å². The topological polar surface area (TPSA) is 49.4 Å². The lowest BCUT2D eigenvalue weighted by molar-refractivity contribution is -0.122. The number of allylic oxidation sites excluding steroid dienone is 1. The maximum absolute atomic E-state index is 12.7. The van der Waals surface area contributed by atoms with Gasteiger partial charge in [-0.2, -0.15) is 0 Å². The van der Waals surface area contributed by atoms with E-state index in [-0.39, 0.29) is 10.7 Å². The summed E-state index contributed by atoms with van der Waals surface area (Å²) >= 11 is 11.0. The van der Waals surface area contributed by atoms with Gasteiger partial charge in [-0.25, -0.2) is 0 Å². The summed E-state index contributed by atoms with van der Waals surface area (Å²) in [6.07, 6.45) is 1.30. The molecule has 1 N–H and O–H groups in total. The van der Waals surface area contributed by atoms with Crippen LogP contribution in [0.3, 0.4) is 0 Å². The predicted molar refractivity (Wildman–Crippen MR) is 101 cm³/mol. The van der Waals surface area contributed by atoms with Crippen LogP contribution in [-0.2, 0) is 9.59 Å². The van der Waals surface area contributed by atoms with E-state index in [0.29, 0.717) is 10.7 Å². The quantitative estimate of drug-likeness (QED) is 0.365. The minimum atomic E-state index is -0.567. The van der Waals surface area contributed by atoms with Crippen LogP contribution >= 0.6 is 23.8 Å². The van der Waals surface area contributed by atoms with Gasteiger partial charge in [-0.05, 0) is 48.6 Å². The average Bonchev–Trinajstić information content (AvgIpc) is 2.60. The van der Waals surface area contributed by atoms with Crippen molar-refractivity contribution in [1.29, 1.82) is 0 Å². The fourth-order valence-electron chi connectivity index (χ4n) is 2.20. The number of nitrogens with zero attached hydrogens (tertiary/aromatic N) is 1. The Kier molecular flexibility index (Phi) is 4.94. The Labute approximate surface area is 155 Å². The zero-order chi connectivity index (χ0) is 17.8. The first kappa shape index (κ1) is 16.9. The lowest BCUT2D eigenvalue weighted by Gasteiger charge is -2.28. The second kappa shape index (κ2) is 7.31. The molecule has 6 heteroatoms. The van der Waals surface area contributed by atoms with Crippen molar-refractivity contribution in [2.45, 2.75) is 0 Å². The number of halogens is 1. The van der Waals surface area contributed by atoms with Gasteiger partial charge < -0.3 is 0 Å². The van der Waals surface area contributed by atoms with E-state index in [9.17, 15) is 9.59 Å². The van der Waals surface area contributed by atoms with Crippen molar-refractivity contribution in [1.82, 2.24) is 5.32 Å². The fraction of sp³-hybridized carbons (Fsp3) is 0. The number of carbonyl (C=O) groups is 2. The van der Waals surface area contributed by atoms with Gasteiger partial charge in [0.25, 0.3) is 11.8 Å². The monoisotopic (exact) mass is 366 g/mol. The molecule has 0 spiro atoms. The van der Waals surface area contributed by atoms with E-state index in [2.05, 4.69) is 17.2 Å². The first-order valence-corrected chi connectivity index (χ1v) is 8.07. The van der Waals surface area contributed by atoms with Crippen LogP contribution in [0.5, 0.6) is 0 Å². The Balaban J connectivity index is 1.92. The molecular weight excluding hydrogens is 356 g/mol. The van der Waals surface area contributed by atoms with E-state index in [1.54, 1.807) is 24.3 Å². The van der Waals surface area contributed by atoms with Crippen LogP contribution in [0.15, 0.2) is 66.2 Å². The number of anilines is 1. The molecule has 122 valence electrons. The summed E-state index contributed by atoms with van der Waals surface area (Å²) in [5.74, 6) is 4.53. The highest BCUT2D eigenvalue weighted by atomic mass is 35.5. The normalized spacial score (nSPS) is 15.6. The van der Waals surface area contributed by atoms with Crippen LogP contribution < -0.4 is 10.2 Å². The number of hydrogen-bond acceptors (Lipinski definition) is 3. The van der Waals surface area contributed by atoms with Crippen LogP contribution in [0.1, 0.15) is 5.56 Å². The van der Waals surface area contributed by atoms with E-state index < -0.39 is 11.8 Å². The Morgan fingerprint density at radius 2 is 1.72 bits per heavy atom. The van der Waals surface area contributed by atoms with Crippen molar-refractivity contribution in [3.63, 3.8) is 0 Å². The van der Waals surface area contributed by atoms with E-state index in [1.165, 1.54) is 11.0 Å². The molecule has 4 nitrogen and oxygen atoms in total. The third-order valence-corrected chi connectivity index (χ3v) is 3.93. The molecule has 0 aromatic heterocycles. The zero-order valence-corrected chi connectivity index (χ0v) is 14.4. The molecule has 1 aliphatic heterocycles. The Morgan fingerprint density at radius 3 is 2.40 bits per heavy atom. The van der Waals surface area contributed by atoms with Crippen molar-refractivity contribution in [3.05, 3.63) is 76.8 Å². The summed E-state index contributed by atoms with van der Waals surface area (Å²) < 4.78 is 0. The largest absolute Gasteiger partial charge is 0.298 e. The van der Waals surface area contributed by atoms with Crippen LogP contribution in [-0.4, -0.2) is 16.9 Å². The first-order valence-electron chi connectivity index (χ1n) is 7.28. The maximum atomic E-state index is 12.7. The number of carbonyl (C=O) groups excluding carboxylic acids is 2. The maximum Gasteiger partial charge on any atom is 0.270 e. The minimum Gasteiger partial charge on any atom is -0.298 e. The number of benzene rings is 2. The lowest BCUT2D eigenvalue weighted by Crippen LogP contribution is -2.54. The van der Waals surface area contributed by atoms with Gasteiger partial charge in [-0.3, -0.25) is 19.8 Å². The molecule has 0 atom stereocenters. The highest BCUT2D eigenvalue weighted by Crippen LogP contribution is 2.22. The van der Waals surface area contributed by atoms with Gasteiger partial charge in [0.15, 0.2) is 5.11 Å². The molecule has 0 bridgehead atoms. The molecule has 1 fully saturated rings. The van der Waals surface area contributed by atoms with Gasteiger partial charge in [0, 0.05) is 16.7 Å². The number of hydrogen-bond donors (Lipinski definition) is 1. The highest BCUT2D eigenvalue weighted by Gasteiger charge is 2.34. The molecular formula is C19H11ClN2O2S. The smallest absolute Gasteiger partial charge is 0.270 e. The van der Waals surface area contributed by atoms with Gasteiger partial charge in [0.05, 0.1) is 5.69 Å². The van der Waals surface area contributed by atoms with Crippen molar-refractivity contribution in [2.75, 3.05) is 4.90 Å². The molecule has 1 aliphatic rings. The third-order valence-electron chi connectivity index (χ3n) is 3.39. The summed E-state index contributed by atoms with van der Waals surface area (Å²) in [4.78, 5) is 26.0. The predicted octanol–water partition coefficient (Wildman–Crippen LogP) is 3.07. The SMILES string of the molecule is O=C1NC(=S)N(c2ccc(Cl)cc2)C(=O)C1=CC#Cc1ccccc1. The van der Waals surface area contributed by atoms with Gasteiger partial charge in [0.2, 0.25) is 0 Å². The molecule has 0 saturated carbocycles. The van der Waals surface area contributed by atoms with Gasteiger partial charge >= 0.3 is 0 Å². The van der Waals surface area contributed by atoms with Gasteiger partial charge in [0.1, 0.15) is 5.57 Å². The standard InChI is InChI=1S/C19H11ClN2O2S/c20-14-9-11-15(12-10-14)22-18(24)16(17(23)21-19(22)25)8-4-7-13-5-2-1-3-6-13/h1-3,5-6,8-12H,(H,21,23,25). The van der Waals surface area contributed by atoms with E-state index >= 15 is 0 Å². The molecule has 2 amide bonds. The van der Waals surface area contributed by atoms with Crippen LogP contribution in [0, 0.1) is 11.8 Å². The zero-order valence-electron chi connectivity index (χ0n) is 12.8. The summed E-state index contributed by atoms with van der Waals surface area (Å²) in [5.41, 5.74) is 1.22. The van der Waals surface area contributed by atoms with E-state index in [1.807, 2.05) is 30.3 Å². The number of amides is 2. The van der Waals surface area contributed by atoms with E-state index in [4.69, 9.17) is 23.8 Å². The third kappa shape index (κ3) is 3.77. The molecule has 2 aromatic rings. The second-order valence-electron chi connectivity index (χ2n) is 5.07. The summed E-state index contributed by atoms with van der Waals surface area (Å²) in [6, 6.07) is 15.9. The summed E-state index contributed by atoms with van der Waals surface area (Å²) in [6.45, 7) is 0. The molecule has 0 unspecified atom stereocenters. The van der Waals surface area contributed by atoms with Crippen LogP contribution in [0.25, 0.3) is 0 Å². The minimum absolute atomic E-state index is 0.0190. The fourth-order valence-corrected chi connectivity index (χ4v) is 2.60. The summed E-state index contributed by atoms with van der Waals surface area (Å²) in [5, 5.41) is 3.05. The van der Waals surface area contributed by atoms with Crippen molar-refractivity contribution in [2.24, 2.45) is 0 Å². The van der Waals surface area contributed by atoms with Crippen LogP contribution in [0.4, 0.5) is 5.69 Å². The van der Waals surface area contributed by atoms with E-state index in [0.717, 1.165) is 5.56 Å². The lowest BCUT2D eigenvalue weighted by atomic mass is 10.1. The molecule has 1 heterocycles. The number of nitrogens with one attached hydrogen (secondary N) is 1. The average molecular weight is 367 g/mol. The van der Waals surface area contributed by atoms with Crippen molar-refractivity contribution >= 4 is 46.4 Å². The first-order chi connectivity index (χ1) is 12.1. The molecule has 3 rings (SSSR count). The Morgan fingerprint density at radius 1 is 1.04 bits per heavy atom. The number of thiocarbonyl (C=S) groups is 1. The van der Waals surface area contributed by atoms with Gasteiger partial charge in [-0.1, -0.05) is 41.6 Å². The van der Waals surface area contributed by atoms with Gasteiger partial charge in [-0.15, -0.1) is 0 Å². The second-order valence-corrected chi connectivity index (χ2v) is 5.89. The molecule has 2 aromatic carbocycles. The molecule has 0 radical (unpaired) electrons. The van der Waals surface area contributed by atoms with Crippen molar-refractivity contribution in [3.8, 4) is 11.8 Å². The summed E-state index contributed by atoms with van der Waals surface area (Å²) in [7, 11) is 0. The Bertz CT molecular complexity index is 941. The molecule has 25 heavy (non-hydrogen) atoms. The highest BCUT2D eigenvalue weighted by molar-refractivity contribution is 7.80. The Hall–Kier alpha value is -2.94. The number of rotatable bonds is 1. The molecule has 1 saturated heterocycles.